The first kappa shape index (κ1) is 9.98. The molecular weight excluding hydrogens is 192 g/mol. The average molecular weight is 206 g/mol. The number of nitrogens with one attached hydrogen (secondary N) is 1. The van der Waals surface area contributed by atoms with Crippen LogP contribution in [-0.2, 0) is 11.2 Å². The Bertz CT molecular complexity index is 365. The number of amides is 1. The smallest absolute Gasteiger partial charge is 0.238 e. The van der Waals surface area contributed by atoms with Crippen molar-refractivity contribution in [2.24, 2.45) is 0 Å². The van der Waals surface area contributed by atoms with Gasteiger partial charge in [-0.2, -0.15) is 0 Å². The largest absolute Gasteiger partial charge is 0.508 e. The highest BCUT2D eigenvalue weighted by molar-refractivity contribution is 5.77. The van der Waals surface area contributed by atoms with Crippen LogP contribution < -0.4 is 5.43 Å². The lowest BCUT2D eigenvalue weighted by Gasteiger charge is -2.15. The van der Waals surface area contributed by atoms with Crippen LogP contribution in [0.2, 0.25) is 0 Å². The number of hydrogen-bond donors (Lipinski definition) is 2. The lowest BCUT2D eigenvalue weighted by atomic mass is 10.1. The molecule has 1 aliphatic rings. The minimum atomic E-state index is 0.148. The van der Waals surface area contributed by atoms with E-state index < -0.39 is 0 Å². The Balaban J connectivity index is 1.90. The standard InChI is InChI=1S/C11H14N2O2/c14-10-3-1-2-9(8-10)5-7-13-11(15)4-6-12-13/h1-3,8,12,14H,4-7H2. The average Bonchev–Trinajstić information content (AvgIpc) is 2.61. The Hall–Kier alpha value is -1.55. The highest BCUT2D eigenvalue weighted by Crippen LogP contribution is 2.12. The highest BCUT2D eigenvalue weighted by Gasteiger charge is 2.18. The minimum absolute atomic E-state index is 0.148. The molecule has 2 N–H and O–H groups in total. The highest BCUT2D eigenvalue weighted by atomic mass is 16.3. The number of benzene rings is 1. The molecule has 15 heavy (non-hydrogen) atoms. The van der Waals surface area contributed by atoms with Crippen LogP contribution >= 0.6 is 0 Å². The number of phenolic OH excluding ortho intramolecular Hbond substituents is 1. The normalized spacial score (nSPS) is 16.0. The van der Waals surface area contributed by atoms with Crippen molar-refractivity contribution in [2.75, 3.05) is 13.1 Å². The minimum Gasteiger partial charge on any atom is -0.508 e. The van der Waals surface area contributed by atoms with Crippen LogP contribution in [0.4, 0.5) is 0 Å². The van der Waals surface area contributed by atoms with Gasteiger partial charge in [0.25, 0.3) is 0 Å². The van der Waals surface area contributed by atoms with E-state index >= 15 is 0 Å². The third-order valence-electron chi connectivity index (χ3n) is 2.48. The van der Waals surface area contributed by atoms with Crippen molar-refractivity contribution in [3.63, 3.8) is 0 Å². The van der Waals surface area contributed by atoms with E-state index in [9.17, 15) is 9.90 Å². The van der Waals surface area contributed by atoms with E-state index in [4.69, 9.17) is 0 Å². The molecule has 0 radical (unpaired) electrons. The summed E-state index contributed by atoms with van der Waals surface area (Å²) < 4.78 is 0. The van der Waals surface area contributed by atoms with Gasteiger partial charge in [0.1, 0.15) is 5.75 Å². The Morgan fingerprint density at radius 2 is 2.33 bits per heavy atom. The molecule has 1 heterocycles. The first-order chi connectivity index (χ1) is 7.25. The predicted molar refractivity (Wildman–Crippen MR) is 56.1 cm³/mol. The van der Waals surface area contributed by atoms with E-state index in [0.717, 1.165) is 18.5 Å². The number of hydrogen-bond acceptors (Lipinski definition) is 3. The van der Waals surface area contributed by atoms with Crippen LogP contribution in [-0.4, -0.2) is 29.1 Å². The number of hydrazine groups is 1. The molecule has 1 amide bonds. The number of rotatable bonds is 3. The topological polar surface area (TPSA) is 52.6 Å². The lowest BCUT2D eigenvalue weighted by Crippen LogP contribution is -2.35. The van der Waals surface area contributed by atoms with Gasteiger partial charge < -0.3 is 5.11 Å². The molecule has 1 aromatic rings. The summed E-state index contributed by atoms with van der Waals surface area (Å²) >= 11 is 0. The predicted octanol–water partition coefficient (Wildman–Crippen LogP) is 0.672. The monoisotopic (exact) mass is 206 g/mol. The second-order valence-corrected chi connectivity index (χ2v) is 3.62. The summed E-state index contributed by atoms with van der Waals surface area (Å²) in [4.78, 5) is 11.3. The summed E-state index contributed by atoms with van der Waals surface area (Å²) in [5, 5.41) is 10.9. The molecule has 0 aromatic heterocycles. The zero-order chi connectivity index (χ0) is 10.7. The van der Waals surface area contributed by atoms with Crippen molar-refractivity contribution in [1.29, 1.82) is 0 Å². The molecule has 4 nitrogen and oxygen atoms in total. The summed E-state index contributed by atoms with van der Waals surface area (Å²) in [6, 6.07) is 7.12. The fraction of sp³-hybridized carbons (Fsp3) is 0.364. The van der Waals surface area contributed by atoms with Crippen molar-refractivity contribution in [3.8, 4) is 5.75 Å². The van der Waals surface area contributed by atoms with Crippen molar-refractivity contribution in [2.45, 2.75) is 12.8 Å². The van der Waals surface area contributed by atoms with Crippen LogP contribution in [0.3, 0.4) is 0 Å². The van der Waals surface area contributed by atoms with Gasteiger partial charge in [-0.25, -0.2) is 5.43 Å². The zero-order valence-corrected chi connectivity index (χ0v) is 8.44. The van der Waals surface area contributed by atoms with Gasteiger partial charge in [0.05, 0.1) is 0 Å². The summed E-state index contributed by atoms with van der Waals surface area (Å²) in [6.45, 7) is 1.39. The van der Waals surface area contributed by atoms with Gasteiger partial charge in [0.2, 0.25) is 5.91 Å². The molecule has 1 fully saturated rings. The van der Waals surface area contributed by atoms with E-state index in [1.54, 1.807) is 17.1 Å². The van der Waals surface area contributed by atoms with Gasteiger partial charge in [-0.3, -0.25) is 9.80 Å². The van der Waals surface area contributed by atoms with Crippen molar-refractivity contribution < 1.29 is 9.90 Å². The first-order valence-electron chi connectivity index (χ1n) is 5.07. The molecular formula is C11H14N2O2. The van der Waals surface area contributed by atoms with Crippen LogP contribution in [0.5, 0.6) is 5.75 Å². The molecule has 1 saturated heterocycles. The SMILES string of the molecule is O=C1CCNN1CCc1cccc(O)c1. The van der Waals surface area contributed by atoms with E-state index in [0.29, 0.717) is 13.0 Å². The third-order valence-corrected chi connectivity index (χ3v) is 2.48. The van der Waals surface area contributed by atoms with E-state index in [1.807, 2.05) is 12.1 Å². The van der Waals surface area contributed by atoms with Crippen LogP contribution in [0.1, 0.15) is 12.0 Å². The van der Waals surface area contributed by atoms with Gasteiger partial charge in [0.15, 0.2) is 0 Å². The number of carbonyl (C=O) groups excluding carboxylic acids is 1. The molecule has 0 aliphatic carbocycles. The third kappa shape index (κ3) is 2.47. The van der Waals surface area contributed by atoms with Crippen LogP contribution in [0.15, 0.2) is 24.3 Å². The van der Waals surface area contributed by atoms with Crippen LogP contribution in [0.25, 0.3) is 0 Å². The molecule has 4 heteroatoms. The molecule has 0 bridgehead atoms. The fourth-order valence-electron chi connectivity index (χ4n) is 1.68. The van der Waals surface area contributed by atoms with Crippen molar-refractivity contribution in [3.05, 3.63) is 29.8 Å². The van der Waals surface area contributed by atoms with Gasteiger partial charge in [-0.05, 0) is 24.1 Å². The number of carbonyl (C=O) groups is 1. The van der Waals surface area contributed by atoms with E-state index in [-0.39, 0.29) is 11.7 Å². The number of phenols is 1. The summed E-state index contributed by atoms with van der Waals surface area (Å²) in [7, 11) is 0. The second-order valence-electron chi connectivity index (χ2n) is 3.62. The Labute approximate surface area is 88.5 Å². The van der Waals surface area contributed by atoms with E-state index in [2.05, 4.69) is 5.43 Å². The number of aromatic hydroxyl groups is 1. The molecule has 2 rings (SSSR count). The Kier molecular flexibility index (Phi) is 2.87. The molecule has 1 aliphatic heterocycles. The fourth-order valence-corrected chi connectivity index (χ4v) is 1.68. The maximum atomic E-state index is 11.3. The molecule has 0 saturated carbocycles. The first-order valence-corrected chi connectivity index (χ1v) is 5.07. The van der Waals surface area contributed by atoms with Gasteiger partial charge in [0, 0.05) is 19.5 Å². The Morgan fingerprint density at radius 1 is 1.47 bits per heavy atom. The Morgan fingerprint density at radius 3 is 3.00 bits per heavy atom. The zero-order valence-electron chi connectivity index (χ0n) is 8.44. The van der Waals surface area contributed by atoms with Crippen molar-refractivity contribution in [1.82, 2.24) is 10.4 Å². The van der Waals surface area contributed by atoms with Gasteiger partial charge >= 0.3 is 0 Å². The number of nitrogens with zero attached hydrogens (tertiary/aromatic N) is 1. The maximum absolute atomic E-state index is 11.3. The van der Waals surface area contributed by atoms with Gasteiger partial charge in [-0.15, -0.1) is 0 Å². The maximum Gasteiger partial charge on any atom is 0.238 e. The second kappa shape index (κ2) is 4.31. The summed E-state index contributed by atoms with van der Waals surface area (Å²) in [5.41, 5.74) is 4.05. The quantitative estimate of drug-likeness (QED) is 0.764. The lowest BCUT2D eigenvalue weighted by molar-refractivity contribution is -0.129. The molecule has 0 unspecified atom stereocenters. The molecule has 0 spiro atoms. The summed E-state index contributed by atoms with van der Waals surface area (Å²) in [6.07, 6.45) is 1.34. The van der Waals surface area contributed by atoms with Crippen LogP contribution in [0, 0.1) is 0 Å². The van der Waals surface area contributed by atoms with E-state index in [1.165, 1.54) is 0 Å². The summed E-state index contributed by atoms with van der Waals surface area (Å²) in [5.74, 6) is 0.420. The van der Waals surface area contributed by atoms with Crippen molar-refractivity contribution >= 4 is 5.91 Å². The van der Waals surface area contributed by atoms with Gasteiger partial charge in [-0.1, -0.05) is 12.1 Å². The molecule has 0 atom stereocenters. The molecule has 80 valence electrons. The molecule has 1 aromatic carbocycles.